The van der Waals surface area contributed by atoms with Gasteiger partial charge in [0, 0.05) is 0 Å². The summed E-state index contributed by atoms with van der Waals surface area (Å²) in [6, 6.07) is 0. The fourth-order valence-electron chi connectivity index (χ4n) is 7.81. The largest absolute Gasteiger partial charge is 0.393 e. The Bertz CT molecular complexity index is 443. The van der Waals surface area contributed by atoms with Crippen molar-refractivity contribution >= 4 is 0 Å². The third-order valence-electron chi connectivity index (χ3n) is 8.81. The van der Waals surface area contributed by atoms with E-state index >= 15 is 0 Å². The molecule has 0 aromatic rings. The highest BCUT2D eigenvalue weighted by molar-refractivity contribution is 5.09. The lowest BCUT2D eigenvalue weighted by atomic mass is 9.51. The first-order valence-corrected chi connectivity index (χ1v) is 9.75. The fourth-order valence-corrected chi connectivity index (χ4v) is 7.81. The zero-order chi connectivity index (χ0) is 15.7. The fraction of sp³-hybridized carbons (Fsp3) is 1.00. The molecule has 0 bridgehead atoms. The van der Waals surface area contributed by atoms with Crippen molar-refractivity contribution in [1.82, 2.24) is 0 Å². The lowest BCUT2D eigenvalue weighted by molar-refractivity contribution is -0.0880. The van der Waals surface area contributed by atoms with Crippen LogP contribution < -0.4 is 0 Å². The molecule has 0 saturated heterocycles. The van der Waals surface area contributed by atoms with Gasteiger partial charge < -0.3 is 10.2 Å². The number of rotatable bonds is 1. The van der Waals surface area contributed by atoms with Crippen molar-refractivity contribution in [2.45, 2.75) is 83.8 Å². The van der Waals surface area contributed by atoms with Gasteiger partial charge in [0.25, 0.3) is 0 Å². The summed E-state index contributed by atoms with van der Waals surface area (Å²) in [4.78, 5) is 0. The number of aliphatic hydroxyl groups is 2. The van der Waals surface area contributed by atoms with Crippen molar-refractivity contribution in [3.63, 3.8) is 0 Å². The van der Waals surface area contributed by atoms with Crippen LogP contribution in [0.25, 0.3) is 0 Å². The maximum Gasteiger partial charge on any atom is 0.0650 e. The van der Waals surface area contributed by atoms with Crippen molar-refractivity contribution in [3.8, 4) is 0 Å². The van der Waals surface area contributed by atoms with E-state index in [1.165, 1.54) is 44.9 Å². The number of hydrogen-bond acceptors (Lipinski definition) is 2. The van der Waals surface area contributed by atoms with Gasteiger partial charge in [-0.1, -0.05) is 6.92 Å². The monoisotopic (exact) mass is 306 g/mol. The van der Waals surface area contributed by atoms with Gasteiger partial charge in [0.1, 0.15) is 0 Å². The molecular weight excluding hydrogens is 272 g/mol. The Morgan fingerprint density at radius 2 is 1.45 bits per heavy atom. The van der Waals surface area contributed by atoms with Crippen LogP contribution in [0.2, 0.25) is 0 Å². The first kappa shape index (κ1) is 15.4. The summed E-state index contributed by atoms with van der Waals surface area (Å²) in [5.41, 5.74) is -0.0164. The predicted octanol–water partition coefficient (Wildman–Crippen LogP) is 4.00. The second kappa shape index (κ2) is 4.96. The molecule has 0 heterocycles. The van der Waals surface area contributed by atoms with E-state index in [1.807, 2.05) is 6.92 Å². The number of aliphatic hydroxyl groups excluding tert-OH is 1. The molecule has 2 nitrogen and oxygen atoms in total. The second-order valence-electron chi connectivity index (χ2n) is 9.65. The third-order valence-corrected chi connectivity index (χ3v) is 8.81. The smallest absolute Gasteiger partial charge is 0.0650 e. The molecule has 0 aromatic carbocycles. The van der Waals surface area contributed by atoms with E-state index in [0.717, 1.165) is 30.1 Å². The average molecular weight is 306 g/mol. The molecule has 22 heavy (non-hydrogen) atoms. The Balaban J connectivity index is 1.59. The summed E-state index contributed by atoms with van der Waals surface area (Å²) >= 11 is 0. The van der Waals surface area contributed by atoms with E-state index in [2.05, 4.69) is 13.8 Å². The molecule has 0 aliphatic heterocycles. The minimum absolute atomic E-state index is 0.143. The van der Waals surface area contributed by atoms with Crippen LogP contribution in [0.4, 0.5) is 0 Å². The molecule has 4 aliphatic carbocycles. The summed E-state index contributed by atoms with van der Waals surface area (Å²) in [6.45, 7) is 6.58. The van der Waals surface area contributed by atoms with Crippen LogP contribution in [0.1, 0.15) is 72.1 Å². The molecular formula is C20H34O2. The molecule has 4 aliphatic rings. The molecule has 0 aromatic heterocycles. The quantitative estimate of drug-likeness (QED) is 0.769. The molecule has 1 unspecified atom stereocenters. The number of fused-ring (bicyclic) bond motifs is 5. The third kappa shape index (κ3) is 1.99. The van der Waals surface area contributed by atoms with E-state index in [1.54, 1.807) is 0 Å². The van der Waals surface area contributed by atoms with Crippen LogP contribution >= 0.6 is 0 Å². The van der Waals surface area contributed by atoms with Gasteiger partial charge in [0.15, 0.2) is 0 Å². The highest BCUT2D eigenvalue weighted by atomic mass is 16.3. The normalized spacial score (nSPS) is 58.8. The average Bonchev–Trinajstić information content (AvgIpc) is 2.96. The topological polar surface area (TPSA) is 40.5 Å². The van der Waals surface area contributed by atoms with Gasteiger partial charge >= 0.3 is 0 Å². The molecule has 0 radical (unpaired) electrons. The van der Waals surface area contributed by atoms with Gasteiger partial charge in [-0.25, -0.2) is 0 Å². The van der Waals surface area contributed by atoms with Crippen molar-refractivity contribution in [3.05, 3.63) is 0 Å². The molecule has 0 amide bonds. The SMILES string of the molecule is CC(O)[C@H]1CC[C@H]2[C@@H]3CC[C@@H]4[C@H](CC[C@]4(C)O)[C@H]3CC[C@]12C. The Morgan fingerprint density at radius 1 is 0.818 bits per heavy atom. The van der Waals surface area contributed by atoms with E-state index in [-0.39, 0.29) is 6.10 Å². The van der Waals surface area contributed by atoms with E-state index in [4.69, 9.17) is 0 Å². The molecule has 2 N–H and O–H groups in total. The van der Waals surface area contributed by atoms with Crippen LogP contribution in [-0.2, 0) is 0 Å². The van der Waals surface area contributed by atoms with Crippen LogP contribution in [0.5, 0.6) is 0 Å². The van der Waals surface area contributed by atoms with Gasteiger partial charge in [-0.3, -0.25) is 0 Å². The van der Waals surface area contributed by atoms with E-state index in [0.29, 0.717) is 17.3 Å². The van der Waals surface area contributed by atoms with Crippen LogP contribution in [0.15, 0.2) is 0 Å². The van der Waals surface area contributed by atoms with Gasteiger partial charge in [-0.2, -0.15) is 0 Å². The van der Waals surface area contributed by atoms with Crippen LogP contribution in [0, 0.1) is 40.9 Å². The van der Waals surface area contributed by atoms with Crippen molar-refractivity contribution in [2.24, 2.45) is 40.9 Å². The zero-order valence-corrected chi connectivity index (χ0v) is 14.6. The molecule has 4 fully saturated rings. The number of hydrogen-bond donors (Lipinski definition) is 2. The Morgan fingerprint density at radius 3 is 2.18 bits per heavy atom. The highest BCUT2D eigenvalue weighted by Gasteiger charge is 2.59. The van der Waals surface area contributed by atoms with Crippen LogP contribution in [0.3, 0.4) is 0 Å². The minimum atomic E-state index is -0.395. The molecule has 9 atom stereocenters. The first-order chi connectivity index (χ1) is 10.3. The molecule has 126 valence electrons. The maximum absolute atomic E-state index is 10.7. The molecule has 4 rings (SSSR count). The summed E-state index contributed by atoms with van der Waals surface area (Å²) in [5, 5.41) is 20.9. The van der Waals surface area contributed by atoms with Gasteiger partial charge in [0.05, 0.1) is 11.7 Å². The Hall–Kier alpha value is -0.0800. The second-order valence-corrected chi connectivity index (χ2v) is 9.65. The standard InChI is InChI=1S/C20H34O2/c1-12(21)16-6-7-17-14-4-5-18-15(9-11-20(18,3)22)13(14)8-10-19(16,17)2/h12-18,21-22H,4-11H2,1-3H3/t12?,13-,14+,15+,16+,17-,18+,19+,20-/m0/s1. The van der Waals surface area contributed by atoms with Crippen molar-refractivity contribution in [1.29, 1.82) is 0 Å². The Kier molecular flexibility index (Phi) is 3.48. The summed E-state index contributed by atoms with van der Waals surface area (Å²) in [7, 11) is 0. The first-order valence-electron chi connectivity index (χ1n) is 9.75. The lowest BCUT2D eigenvalue weighted by Crippen LogP contribution is -2.49. The van der Waals surface area contributed by atoms with Gasteiger partial charge in [0.2, 0.25) is 0 Å². The molecule has 4 saturated carbocycles. The van der Waals surface area contributed by atoms with E-state index in [9.17, 15) is 10.2 Å². The van der Waals surface area contributed by atoms with E-state index < -0.39 is 5.60 Å². The summed E-state index contributed by atoms with van der Waals surface area (Å²) < 4.78 is 0. The van der Waals surface area contributed by atoms with Crippen molar-refractivity contribution < 1.29 is 10.2 Å². The maximum atomic E-state index is 10.7. The Labute approximate surface area is 135 Å². The minimum Gasteiger partial charge on any atom is -0.393 e. The lowest BCUT2D eigenvalue weighted by Gasteiger charge is -2.54. The summed E-state index contributed by atoms with van der Waals surface area (Å²) in [6.07, 6.45) is 9.91. The zero-order valence-electron chi connectivity index (χ0n) is 14.6. The van der Waals surface area contributed by atoms with Crippen LogP contribution in [-0.4, -0.2) is 21.9 Å². The van der Waals surface area contributed by atoms with Gasteiger partial charge in [-0.15, -0.1) is 0 Å². The van der Waals surface area contributed by atoms with Crippen molar-refractivity contribution in [2.75, 3.05) is 0 Å². The molecule has 0 spiro atoms. The highest BCUT2D eigenvalue weighted by Crippen LogP contribution is 2.65. The predicted molar refractivity (Wildman–Crippen MR) is 88.3 cm³/mol. The molecule has 2 heteroatoms. The van der Waals surface area contributed by atoms with Gasteiger partial charge in [-0.05, 0) is 106 Å². The summed E-state index contributed by atoms with van der Waals surface area (Å²) in [5.74, 6) is 4.42.